The third kappa shape index (κ3) is 4.20. The molecule has 0 bridgehead atoms. The molecule has 2 rings (SSSR count). The van der Waals surface area contributed by atoms with Crippen LogP contribution in [0.3, 0.4) is 0 Å². The highest BCUT2D eigenvalue weighted by molar-refractivity contribution is 5.81. The van der Waals surface area contributed by atoms with E-state index in [1.165, 1.54) is 12.1 Å². The van der Waals surface area contributed by atoms with Crippen LogP contribution in [0.4, 0.5) is 10.1 Å². The maximum absolute atomic E-state index is 13.2. The van der Waals surface area contributed by atoms with E-state index < -0.39 is 5.82 Å². The van der Waals surface area contributed by atoms with Gasteiger partial charge in [0.05, 0.1) is 17.3 Å². The summed E-state index contributed by atoms with van der Waals surface area (Å²) >= 11 is 0. The summed E-state index contributed by atoms with van der Waals surface area (Å²) in [5, 5.41) is 12.1. The van der Waals surface area contributed by atoms with Crippen LogP contribution >= 0.6 is 0 Å². The summed E-state index contributed by atoms with van der Waals surface area (Å²) in [5.74, 6) is -0.365. The number of hydrogen-bond acceptors (Lipinski definition) is 4. The van der Waals surface area contributed by atoms with E-state index in [0.29, 0.717) is 18.7 Å². The number of hydrogen-bond donors (Lipinski definition) is 1. The molecule has 1 heterocycles. The Morgan fingerprint density at radius 3 is 2.48 bits per heavy atom. The molecule has 6 heteroatoms. The molecule has 1 unspecified atom stereocenters. The topological polar surface area (TPSA) is 59.4 Å². The van der Waals surface area contributed by atoms with Crippen LogP contribution in [0.2, 0.25) is 0 Å². The summed E-state index contributed by atoms with van der Waals surface area (Å²) in [6.45, 7) is 8.68. The van der Waals surface area contributed by atoms with Gasteiger partial charge < -0.3 is 10.2 Å². The molecule has 1 saturated heterocycles. The summed E-state index contributed by atoms with van der Waals surface area (Å²) in [5.41, 5.74) is 1.11. The van der Waals surface area contributed by atoms with Crippen LogP contribution in [0, 0.1) is 17.1 Å². The van der Waals surface area contributed by atoms with Gasteiger partial charge in [0.25, 0.3) is 0 Å². The second kappa shape index (κ2) is 7.42. The quantitative estimate of drug-likeness (QED) is 0.918. The van der Waals surface area contributed by atoms with Gasteiger partial charge in [-0.15, -0.1) is 0 Å². The van der Waals surface area contributed by atoms with Crippen molar-refractivity contribution in [2.75, 3.05) is 31.1 Å². The van der Waals surface area contributed by atoms with Crippen molar-refractivity contribution in [2.24, 2.45) is 0 Å². The number of piperazine rings is 1. The van der Waals surface area contributed by atoms with Gasteiger partial charge in [-0.25, -0.2) is 4.39 Å². The third-order valence-corrected chi connectivity index (χ3v) is 4.09. The average molecular weight is 318 g/mol. The molecule has 1 fully saturated rings. The molecule has 1 amide bonds. The zero-order chi connectivity index (χ0) is 17.0. The highest BCUT2D eigenvalue weighted by atomic mass is 19.1. The van der Waals surface area contributed by atoms with Crippen molar-refractivity contribution in [3.05, 3.63) is 29.6 Å². The van der Waals surface area contributed by atoms with Gasteiger partial charge in [-0.2, -0.15) is 5.26 Å². The summed E-state index contributed by atoms with van der Waals surface area (Å²) < 4.78 is 13.2. The van der Waals surface area contributed by atoms with Gasteiger partial charge in [0.2, 0.25) is 5.91 Å². The fourth-order valence-electron chi connectivity index (χ4n) is 2.79. The van der Waals surface area contributed by atoms with Gasteiger partial charge in [-0.1, -0.05) is 0 Å². The Hall–Kier alpha value is -2.13. The molecule has 0 aromatic heterocycles. The number of anilines is 1. The molecule has 1 N–H and O–H groups in total. The van der Waals surface area contributed by atoms with Crippen molar-refractivity contribution in [1.82, 2.24) is 10.2 Å². The van der Waals surface area contributed by atoms with Crippen LogP contribution in [-0.4, -0.2) is 49.1 Å². The minimum atomic E-state index is -0.400. The first-order chi connectivity index (χ1) is 10.9. The van der Waals surface area contributed by atoms with Crippen molar-refractivity contribution in [3.8, 4) is 6.07 Å². The van der Waals surface area contributed by atoms with Crippen molar-refractivity contribution < 1.29 is 9.18 Å². The standard InChI is InChI=1S/C17H23FN4O/c1-12(2)20-17(23)13(3)21-6-8-22(9-7-21)16-5-4-15(18)10-14(16)11-19/h4-5,10,12-13H,6-9H2,1-3H3,(H,20,23). The highest BCUT2D eigenvalue weighted by Crippen LogP contribution is 2.22. The second-order valence-electron chi connectivity index (χ2n) is 6.14. The maximum atomic E-state index is 13.2. The molecule has 0 radical (unpaired) electrons. The average Bonchev–Trinajstić information content (AvgIpc) is 2.53. The van der Waals surface area contributed by atoms with E-state index in [4.69, 9.17) is 5.26 Å². The van der Waals surface area contributed by atoms with Gasteiger partial charge in [-0.3, -0.25) is 9.69 Å². The van der Waals surface area contributed by atoms with E-state index >= 15 is 0 Å². The molecular formula is C17H23FN4O. The molecule has 0 saturated carbocycles. The van der Waals surface area contributed by atoms with Crippen LogP contribution in [0.5, 0.6) is 0 Å². The molecule has 1 aliphatic heterocycles. The number of rotatable bonds is 4. The number of halogens is 1. The van der Waals surface area contributed by atoms with Gasteiger partial charge in [0, 0.05) is 32.2 Å². The van der Waals surface area contributed by atoms with Crippen LogP contribution in [0.25, 0.3) is 0 Å². The van der Waals surface area contributed by atoms with Crippen molar-refractivity contribution >= 4 is 11.6 Å². The lowest BCUT2D eigenvalue weighted by Crippen LogP contribution is -2.54. The van der Waals surface area contributed by atoms with Crippen LogP contribution in [0.15, 0.2) is 18.2 Å². The Labute approximate surface area is 136 Å². The SMILES string of the molecule is CC(C)NC(=O)C(C)N1CCN(c2ccc(F)cc2C#N)CC1. The first kappa shape index (κ1) is 17.2. The van der Waals surface area contributed by atoms with E-state index in [-0.39, 0.29) is 18.0 Å². The molecule has 0 aliphatic carbocycles. The van der Waals surface area contributed by atoms with Crippen molar-refractivity contribution in [1.29, 1.82) is 5.26 Å². The summed E-state index contributed by atoms with van der Waals surface area (Å²) in [6, 6.07) is 6.29. The summed E-state index contributed by atoms with van der Waals surface area (Å²) in [4.78, 5) is 16.3. The predicted octanol–water partition coefficient (Wildman–Crippen LogP) is 1.73. The Balaban J connectivity index is 1.99. The van der Waals surface area contributed by atoms with E-state index in [1.807, 2.05) is 26.8 Å². The molecular weight excluding hydrogens is 295 g/mol. The fourth-order valence-corrected chi connectivity index (χ4v) is 2.79. The minimum absolute atomic E-state index is 0.0351. The minimum Gasteiger partial charge on any atom is -0.368 e. The number of carbonyl (C=O) groups excluding carboxylic acids is 1. The molecule has 124 valence electrons. The summed E-state index contributed by atoms with van der Waals surface area (Å²) in [7, 11) is 0. The van der Waals surface area contributed by atoms with Gasteiger partial charge in [0.15, 0.2) is 0 Å². The molecule has 1 aliphatic rings. The third-order valence-electron chi connectivity index (χ3n) is 4.09. The number of nitrogens with zero attached hydrogens (tertiary/aromatic N) is 3. The van der Waals surface area contributed by atoms with Gasteiger partial charge in [0.1, 0.15) is 11.9 Å². The Bertz CT molecular complexity index is 603. The smallest absolute Gasteiger partial charge is 0.237 e. The number of amides is 1. The largest absolute Gasteiger partial charge is 0.368 e. The van der Waals surface area contributed by atoms with Crippen LogP contribution in [0.1, 0.15) is 26.3 Å². The molecule has 1 aromatic carbocycles. The Kier molecular flexibility index (Phi) is 5.56. The number of benzene rings is 1. The van der Waals surface area contributed by atoms with Crippen molar-refractivity contribution in [2.45, 2.75) is 32.9 Å². The van der Waals surface area contributed by atoms with Crippen LogP contribution < -0.4 is 10.2 Å². The molecule has 1 atom stereocenters. The van der Waals surface area contributed by atoms with Crippen molar-refractivity contribution in [3.63, 3.8) is 0 Å². The Morgan fingerprint density at radius 1 is 1.26 bits per heavy atom. The lowest BCUT2D eigenvalue weighted by atomic mass is 10.1. The zero-order valence-electron chi connectivity index (χ0n) is 13.8. The van der Waals surface area contributed by atoms with E-state index in [0.717, 1.165) is 18.8 Å². The van der Waals surface area contributed by atoms with E-state index in [9.17, 15) is 9.18 Å². The number of nitrogens with one attached hydrogen (secondary N) is 1. The molecule has 5 nitrogen and oxygen atoms in total. The normalized spacial score (nSPS) is 17.0. The lowest BCUT2D eigenvalue weighted by Gasteiger charge is -2.39. The van der Waals surface area contributed by atoms with Crippen LogP contribution in [-0.2, 0) is 4.79 Å². The summed E-state index contributed by atoms with van der Waals surface area (Å²) in [6.07, 6.45) is 0. The van der Waals surface area contributed by atoms with E-state index in [1.54, 1.807) is 6.07 Å². The van der Waals surface area contributed by atoms with Gasteiger partial charge in [-0.05, 0) is 39.0 Å². The number of nitriles is 1. The lowest BCUT2D eigenvalue weighted by molar-refractivity contribution is -0.126. The maximum Gasteiger partial charge on any atom is 0.237 e. The predicted molar refractivity (Wildman–Crippen MR) is 87.6 cm³/mol. The van der Waals surface area contributed by atoms with E-state index in [2.05, 4.69) is 15.1 Å². The fraction of sp³-hybridized carbons (Fsp3) is 0.529. The first-order valence-electron chi connectivity index (χ1n) is 7.91. The molecule has 23 heavy (non-hydrogen) atoms. The second-order valence-corrected chi connectivity index (χ2v) is 6.14. The first-order valence-corrected chi connectivity index (χ1v) is 7.91. The molecule has 1 aromatic rings. The Morgan fingerprint density at radius 2 is 1.91 bits per heavy atom. The monoisotopic (exact) mass is 318 g/mol. The number of carbonyl (C=O) groups is 1. The van der Waals surface area contributed by atoms with Gasteiger partial charge >= 0.3 is 0 Å². The highest BCUT2D eigenvalue weighted by Gasteiger charge is 2.26. The molecule has 0 spiro atoms. The zero-order valence-corrected chi connectivity index (χ0v) is 13.8.